The van der Waals surface area contributed by atoms with Gasteiger partial charge in [0.1, 0.15) is 5.60 Å². The summed E-state index contributed by atoms with van der Waals surface area (Å²) in [6, 6.07) is 8.22. The number of pyridine rings is 1. The number of alkyl halides is 3. The van der Waals surface area contributed by atoms with Crippen molar-refractivity contribution in [3.05, 3.63) is 53.7 Å². The summed E-state index contributed by atoms with van der Waals surface area (Å²) in [5.41, 5.74) is -0.963. The number of likely N-dealkylation sites (tertiary alicyclic amines) is 1. The number of ether oxygens (including phenoxy) is 1. The second kappa shape index (κ2) is 7.35. The fourth-order valence-corrected chi connectivity index (χ4v) is 5.05. The molecule has 0 radical (unpaired) electrons. The second-order valence-corrected chi connectivity index (χ2v) is 9.16. The van der Waals surface area contributed by atoms with E-state index in [-0.39, 0.29) is 17.3 Å². The van der Waals surface area contributed by atoms with Crippen LogP contribution in [0.2, 0.25) is 0 Å². The van der Waals surface area contributed by atoms with Crippen molar-refractivity contribution in [2.24, 2.45) is 0 Å². The predicted octanol–water partition coefficient (Wildman–Crippen LogP) is 3.02. The Morgan fingerprint density at radius 2 is 2.14 bits per heavy atom. The highest BCUT2D eigenvalue weighted by molar-refractivity contribution is 7.95. The molecule has 4 rings (SSSR count). The number of nitrogens with one attached hydrogen (secondary N) is 1. The lowest BCUT2D eigenvalue weighted by molar-refractivity contribution is -0.137. The van der Waals surface area contributed by atoms with Crippen molar-refractivity contribution >= 4 is 10.4 Å². The number of halogens is 3. The SMILES string of the molecule is O=[S+]1([O-])NCC2(CCCN(Cc3cccc(C(F)(F)F)c3)C2)Oc2ncccc21. The minimum Gasteiger partial charge on any atom is -0.593 e. The van der Waals surface area contributed by atoms with Gasteiger partial charge in [-0.1, -0.05) is 22.4 Å². The fourth-order valence-electron chi connectivity index (χ4n) is 3.86. The molecule has 2 aliphatic rings. The molecule has 1 spiro atoms. The molecule has 10 heteroatoms. The number of nitrogens with zero attached hydrogens (tertiary/aromatic N) is 2. The summed E-state index contributed by atoms with van der Waals surface area (Å²) in [6.45, 7) is 1.45. The first-order valence-corrected chi connectivity index (χ1v) is 10.7. The normalized spacial score (nSPS) is 27.9. The molecule has 1 aromatic heterocycles. The van der Waals surface area contributed by atoms with Gasteiger partial charge in [-0.15, -0.1) is 4.72 Å². The third-order valence-corrected chi connectivity index (χ3v) is 6.62. The molecule has 0 amide bonds. The van der Waals surface area contributed by atoms with Crippen LogP contribution in [0.1, 0.15) is 24.0 Å². The van der Waals surface area contributed by atoms with Crippen molar-refractivity contribution < 1.29 is 26.7 Å². The number of benzene rings is 1. The topological polar surface area (TPSA) is 77.5 Å². The van der Waals surface area contributed by atoms with E-state index in [0.29, 0.717) is 31.6 Å². The molecule has 1 N–H and O–H groups in total. The van der Waals surface area contributed by atoms with Crippen LogP contribution in [0.15, 0.2) is 47.5 Å². The number of hydrogen-bond acceptors (Lipinski definition) is 5. The van der Waals surface area contributed by atoms with Gasteiger partial charge in [0.05, 0.1) is 12.1 Å². The summed E-state index contributed by atoms with van der Waals surface area (Å²) in [4.78, 5) is 6.07. The highest BCUT2D eigenvalue weighted by atomic mass is 32.3. The van der Waals surface area contributed by atoms with Crippen molar-refractivity contribution in [1.82, 2.24) is 14.6 Å². The highest BCUT2D eigenvalue weighted by Crippen LogP contribution is 2.35. The molecule has 1 fully saturated rings. The molecule has 0 aliphatic carbocycles. The van der Waals surface area contributed by atoms with E-state index in [1.165, 1.54) is 24.4 Å². The molecule has 2 aliphatic heterocycles. The Balaban J connectivity index is 1.55. The maximum atomic E-state index is 13.0. The summed E-state index contributed by atoms with van der Waals surface area (Å²) in [7, 11) is -3.73. The monoisotopic (exact) mass is 427 g/mol. The number of piperidine rings is 1. The molecule has 2 atom stereocenters. The van der Waals surface area contributed by atoms with Gasteiger partial charge >= 0.3 is 6.18 Å². The number of fused-ring (bicyclic) bond motifs is 1. The van der Waals surface area contributed by atoms with Crippen LogP contribution >= 0.6 is 0 Å². The quantitative estimate of drug-likeness (QED) is 0.746. The molecule has 156 valence electrons. The van der Waals surface area contributed by atoms with Gasteiger partial charge in [0.2, 0.25) is 4.90 Å². The molecule has 0 saturated carbocycles. The van der Waals surface area contributed by atoms with E-state index in [1.807, 2.05) is 4.90 Å². The first-order chi connectivity index (χ1) is 13.7. The summed E-state index contributed by atoms with van der Waals surface area (Å²) in [6.07, 6.45) is -1.58. The molecule has 2 aromatic rings. The van der Waals surface area contributed by atoms with Crippen LogP contribution in [-0.2, 0) is 27.3 Å². The molecule has 1 saturated heterocycles. The van der Waals surface area contributed by atoms with Gasteiger partial charge in [0.15, 0.2) is 10.4 Å². The first-order valence-electron chi connectivity index (χ1n) is 9.19. The fraction of sp³-hybridized carbons (Fsp3) is 0.421. The van der Waals surface area contributed by atoms with Crippen molar-refractivity contribution in [3.63, 3.8) is 0 Å². The minimum atomic E-state index is -4.39. The zero-order valence-electron chi connectivity index (χ0n) is 15.4. The van der Waals surface area contributed by atoms with Crippen LogP contribution in [0.4, 0.5) is 13.2 Å². The van der Waals surface area contributed by atoms with Crippen molar-refractivity contribution in [2.75, 3.05) is 19.6 Å². The summed E-state index contributed by atoms with van der Waals surface area (Å²) in [5.74, 6) is 0.0541. The van der Waals surface area contributed by atoms with Gasteiger partial charge in [0.25, 0.3) is 5.88 Å². The predicted molar refractivity (Wildman–Crippen MR) is 98.6 cm³/mol. The van der Waals surface area contributed by atoms with E-state index in [9.17, 15) is 21.9 Å². The largest absolute Gasteiger partial charge is 0.593 e. The van der Waals surface area contributed by atoms with Crippen LogP contribution in [0.5, 0.6) is 5.88 Å². The average Bonchev–Trinajstić information content (AvgIpc) is 2.76. The third-order valence-electron chi connectivity index (χ3n) is 5.20. The summed E-state index contributed by atoms with van der Waals surface area (Å²) in [5, 5.41) is 0. The molecular formula is C19H20F3N3O3S. The maximum Gasteiger partial charge on any atom is 0.416 e. The maximum absolute atomic E-state index is 13.0. The molecule has 1 aromatic carbocycles. The molecule has 0 bridgehead atoms. The number of aromatic nitrogens is 1. The third kappa shape index (κ3) is 4.30. The zero-order chi connectivity index (χ0) is 20.7. The van der Waals surface area contributed by atoms with Crippen LogP contribution in [0.25, 0.3) is 0 Å². The Morgan fingerprint density at radius 3 is 2.93 bits per heavy atom. The van der Waals surface area contributed by atoms with Crippen LogP contribution in [0, 0.1) is 0 Å². The number of rotatable bonds is 2. The Labute approximate surface area is 167 Å². The van der Waals surface area contributed by atoms with E-state index in [2.05, 4.69) is 9.71 Å². The Bertz CT molecular complexity index is 956. The second-order valence-electron chi connectivity index (χ2n) is 7.43. The average molecular weight is 427 g/mol. The smallest absolute Gasteiger partial charge is 0.416 e. The van der Waals surface area contributed by atoms with Crippen LogP contribution < -0.4 is 9.46 Å². The van der Waals surface area contributed by atoms with E-state index >= 15 is 0 Å². The van der Waals surface area contributed by atoms with E-state index in [4.69, 9.17) is 4.74 Å². The number of hydrogen-bond donors (Lipinski definition) is 1. The van der Waals surface area contributed by atoms with Gasteiger partial charge in [-0.25, -0.2) is 4.98 Å². The van der Waals surface area contributed by atoms with Crippen molar-refractivity contribution in [3.8, 4) is 5.88 Å². The van der Waals surface area contributed by atoms with Crippen LogP contribution in [-0.4, -0.2) is 39.7 Å². The zero-order valence-corrected chi connectivity index (χ0v) is 16.3. The van der Waals surface area contributed by atoms with Gasteiger partial charge in [0, 0.05) is 25.4 Å². The molecule has 29 heavy (non-hydrogen) atoms. The van der Waals surface area contributed by atoms with Gasteiger partial charge in [-0.3, -0.25) is 4.90 Å². The molecule has 3 heterocycles. The molecule has 6 nitrogen and oxygen atoms in total. The first kappa shape index (κ1) is 20.3. The summed E-state index contributed by atoms with van der Waals surface area (Å²) >= 11 is 0. The summed E-state index contributed by atoms with van der Waals surface area (Å²) < 4.78 is 72.6. The minimum absolute atomic E-state index is 0.00752. The van der Waals surface area contributed by atoms with Crippen molar-refractivity contribution in [2.45, 2.75) is 36.1 Å². The lowest BCUT2D eigenvalue weighted by Crippen LogP contribution is -2.56. The highest BCUT2D eigenvalue weighted by Gasteiger charge is 2.45. The Hall–Kier alpha value is -2.01. The Morgan fingerprint density at radius 1 is 1.31 bits per heavy atom. The van der Waals surface area contributed by atoms with E-state index < -0.39 is 27.7 Å². The molecule has 2 unspecified atom stereocenters. The van der Waals surface area contributed by atoms with Crippen molar-refractivity contribution in [1.29, 1.82) is 0 Å². The standard InChI is InChI=1S/C19H20F3N3O3S/c20-19(21,22)15-5-1-4-14(10-15)11-25-9-3-7-18(13-25)12-24-29(26,27)16-6-2-8-23-17(16)28-18/h1-2,4-6,8,10H,3,7,9,11-13H2,(H-,24,26,27). The van der Waals surface area contributed by atoms with Gasteiger partial charge in [-0.2, -0.15) is 13.2 Å². The van der Waals surface area contributed by atoms with Gasteiger partial charge < -0.3 is 9.29 Å². The van der Waals surface area contributed by atoms with Gasteiger partial charge in [-0.05, 0) is 37.1 Å². The van der Waals surface area contributed by atoms with Crippen LogP contribution in [0.3, 0.4) is 0 Å². The Kier molecular flexibility index (Phi) is 5.14. The van der Waals surface area contributed by atoms with E-state index in [1.54, 1.807) is 6.07 Å². The molecular weight excluding hydrogens is 407 g/mol. The number of sulfonamides is 1. The lowest BCUT2D eigenvalue weighted by Gasteiger charge is -2.41. The van der Waals surface area contributed by atoms with E-state index in [0.717, 1.165) is 18.6 Å². The lowest BCUT2D eigenvalue weighted by atomic mass is 9.92.